The Kier molecular flexibility index (Phi) is 4.83. The summed E-state index contributed by atoms with van der Waals surface area (Å²) < 4.78 is 0. The Morgan fingerprint density at radius 2 is 1.73 bits per heavy atom. The first-order valence-electron chi connectivity index (χ1n) is 3.80. The van der Waals surface area contributed by atoms with E-state index in [4.69, 9.17) is 10.8 Å². The van der Waals surface area contributed by atoms with E-state index in [9.17, 15) is 0 Å². The lowest BCUT2D eigenvalue weighted by Crippen LogP contribution is -2.39. The summed E-state index contributed by atoms with van der Waals surface area (Å²) in [7, 11) is 0. The number of aliphatic hydroxyl groups is 1. The minimum Gasteiger partial charge on any atom is -0.396 e. The Hall–Kier alpha value is -0.600. The van der Waals surface area contributed by atoms with Gasteiger partial charge in [-0.05, 0) is 19.3 Å². The van der Waals surface area contributed by atoms with Crippen LogP contribution in [0.1, 0.15) is 19.3 Å². The van der Waals surface area contributed by atoms with Crippen molar-refractivity contribution in [1.82, 2.24) is 0 Å². The molecule has 0 rings (SSSR count). The lowest BCUT2D eigenvalue weighted by molar-refractivity contribution is 0.239. The predicted octanol–water partition coefficient (Wildman–Crippen LogP) is 1.22. The highest BCUT2D eigenvalue weighted by Crippen LogP contribution is 2.16. The van der Waals surface area contributed by atoms with Crippen LogP contribution in [0.5, 0.6) is 0 Å². The van der Waals surface area contributed by atoms with E-state index < -0.39 is 0 Å². The molecule has 0 atom stereocenters. The van der Waals surface area contributed by atoms with Crippen molar-refractivity contribution < 1.29 is 5.11 Å². The van der Waals surface area contributed by atoms with Crippen LogP contribution in [0.4, 0.5) is 0 Å². The van der Waals surface area contributed by atoms with Crippen LogP contribution in [0.25, 0.3) is 0 Å². The molecule has 2 nitrogen and oxygen atoms in total. The largest absolute Gasteiger partial charge is 0.396 e. The van der Waals surface area contributed by atoms with Gasteiger partial charge in [0.25, 0.3) is 0 Å². The molecular weight excluding hydrogens is 138 g/mol. The SMILES string of the molecule is C=CCC(N)(CC=C)CCO. The molecule has 0 spiro atoms. The first kappa shape index (κ1) is 10.4. The van der Waals surface area contributed by atoms with Crippen LogP contribution in [0.15, 0.2) is 25.3 Å². The number of nitrogens with two attached hydrogens (primary N) is 1. The quantitative estimate of drug-likeness (QED) is 0.566. The lowest BCUT2D eigenvalue weighted by atomic mass is 9.89. The smallest absolute Gasteiger partial charge is 0.0448 e. The summed E-state index contributed by atoms with van der Waals surface area (Å²) in [6, 6.07) is 0. The predicted molar refractivity (Wildman–Crippen MR) is 48.2 cm³/mol. The highest BCUT2D eigenvalue weighted by molar-refractivity contribution is 4.95. The standard InChI is InChI=1S/C9H17NO/c1-3-5-9(10,6-4-2)7-8-11/h3-4,11H,1-2,5-8,10H2. The fraction of sp³-hybridized carbons (Fsp3) is 0.556. The second-order valence-electron chi connectivity index (χ2n) is 2.82. The first-order chi connectivity index (χ1) is 5.18. The van der Waals surface area contributed by atoms with Gasteiger partial charge in [-0.1, -0.05) is 12.2 Å². The van der Waals surface area contributed by atoms with Crippen molar-refractivity contribution in [3.8, 4) is 0 Å². The molecule has 64 valence electrons. The van der Waals surface area contributed by atoms with E-state index in [1.54, 1.807) is 12.2 Å². The summed E-state index contributed by atoms with van der Waals surface area (Å²) in [5.74, 6) is 0. The molecule has 0 saturated heterocycles. The Morgan fingerprint density at radius 3 is 2.00 bits per heavy atom. The van der Waals surface area contributed by atoms with Gasteiger partial charge in [0.2, 0.25) is 0 Å². The Morgan fingerprint density at radius 1 is 1.27 bits per heavy atom. The Labute approximate surface area is 68.4 Å². The maximum Gasteiger partial charge on any atom is 0.0448 e. The van der Waals surface area contributed by atoms with E-state index in [1.165, 1.54) is 0 Å². The van der Waals surface area contributed by atoms with E-state index in [-0.39, 0.29) is 12.1 Å². The zero-order valence-corrected chi connectivity index (χ0v) is 6.92. The average Bonchev–Trinajstić information content (AvgIpc) is 1.88. The van der Waals surface area contributed by atoms with E-state index in [2.05, 4.69) is 13.2 Å². The molecule has 0 aromatic carbocycles. The van der Waals surface area contributed by atoms with Gasteiger partial charge < -0.3 is 10.8 Å². The molecular formula is C9H17NO. The number of aliphatic hydroxyl groups excluding tert-OH is 1. The van der Waals surface area contributed by atoms with Gasteiger partial charge in [0.1, 0.15) is 0 Å². The molecule has 0 fully saturated rings. The fourth-order valence-corrected chi connectivity index (χ4v) is 1.09. The summed E-state index contributed by atoms with van der Waals surface area (Å²) in [6.45, 7) is 7.35. The third kappa shape index (κ3) is 3.96. The summed E-state index contributed by atoms with van der Waals surface area (Å²) in [4.78, 5) is 0. The summed E-state index contributed by atoms with van der Waals surface area (Å²) in [5.41, 5.74) is 5.59. The minimum atomic E-state index is -0.335. The third-order valence-corrected chi connectivity index (χ3v) is 1.71. The highest BCUT2D eigenvalue weighted by atomic mass is 16.3. The van der Waals surface area contributed by atoms with E-state index in [0.29, 0.717) is 6.42 Å². The van der Waals surface area contributed by atoms with Crippen molar-refractivity contribution in [2.24, 2.45) is 5.73 Å². The van der Waals surface area contributed by atoms with Crippen LogP contribution < -0.4 is 5.73 Å². The maximum atomic E-state index is 8.71. The Balaban J connectivity index is 3.98. The van der Waals surface area contributed by atoms with Crippen molar-refractivity contribution in [2.45, 2.75) is 24.8 Å². The molecule has 0 saturated carbocycles. The molecule has 0 aromatic rings. The van der Waals surface area contributed by atoms with Crippen LogP contribution >= 0.6 is 0 Å². The molecule has 3 N–H and O–H groups in total. The second-order valence-corrected chi connectivity index (χ2v) is 2.82. The first-order valence-corrected chi connectivity index (χ1v) is 3.80. The fourth-order valence-electron chi connectivity index (χ4n) is 1.09. The molecule has 0 aliphatic heterocycles. The molecule has 0 radical (unpaired) electrons. The summed E-state index contributed by atoms with van der Waals surface area (Å²) in [5, 5.41) is 8.71. The van der Waals surface area contributed by atoms with Crippen molar-refractivity contribution in [3.63, 3.8) is 0 Å². The summed E-state index contributed by atoms with van der Waals surface area (Å²) >= 11 is 0. The molecule has 2 heteroatoms. The number of rotatable bonds is 6. The topological polar surface area (TPSA) is 46.2 Å². The average molecular weight is 155 g/mol. The molecule has 0 amide bonds. The van der Waals surface area contributed by atoms with Crippen LogP contribution in [-0.2, 0) is 0 Å². The van der Waals surface area contributed by atoms with Gasteiger partial charge in [-0.15, -0.1) is 13.2 Å². The summed E-state index contributed by atoms with van der Waals surface area (Å²) in [6.07, 6.45) is 5.60. The third-order valence-electron chi connectivity index (χ3n) is 1.71. The van der Waals surface area contributed by atoms with Crippen molar-refractivity contribution in [3.05, 3.63) is 25.3 Å². The van der Waals surface area contributed by atoms with Gasteiger partial charge >= 0.3 is 0 Å². The van der Waals surface area contributed by atoms with Crippen LogP contribution in [0.3, 0.4) is 0 Å². The van der Waals surface area contributed by atoms with E-state index >= 15 is 0 Å². The van der Waals surface area contributed by atoms with Crippen LogP contribution in [0.2, 0.25) is 0 Å². The lowest BCUT2D eigenvalue weighted by Gasteiger charge is -2.25. The zero-order valence-electron chi connectivity index (χ0n) is 6.92. The van der Waals surface area contributed by atoms with Gasteiger partial charge in [0, 0.05) is 12.1 Å². The highest BCUT2D eigenvalue weighted by Gasteiger charge is 2.20. The van der Waals surface area contributed by atoms with Crippen molar-refractivity contribution in [1.29, 1.82) is 0 Å². The number of hydrogen-bond donors (Lipinski definition) is 2. The van der Waals surface area contributed by atoms with Gasteiger partial charge in [-0.3, -0.25) is 0 Å². The van der Waals surface area contributed by atoms with Crippen molar-refractivity contribution >= 4 is 0 Å². The van der Waals surface area contributed by atoms with Gasteiger partial charge in [0.15, 0.2) is 0 Å². The molecule has 0 aromatic heterocycles. The minimum absolute atomic E-state index is 0.123. The van der Waals surface area contributed by atoms with E-state index in [0.717, 1.165) is 12.8 Å². The molecule has 0 bridgehead atoms. The molecule has 11 heavy (non-hydrogen) atoms. The van der Waals surface area contributed by atoms with Crippen LogP contribution in [0, 0.1) is 0 Å². The monoisotopic (exact) mass is 155 g/mol. The Bertz CT molecular complexity index is 122. The molecule has 0 aliphatic carbocycles. The zero-order chi connectivity index (χ0) is 8.74. The van der Waals surface area contributed by atoms with E-state index in [1.807, 2.05) is 0 Å². The number of hydrogen-bond acceptors (Lipinski definition) is 2. The van der Waals surface area contributed by atoms with Gasteiger partial charge in [-0.25, -0.2) is 0 Å². The second kappa shape index (κ2) is 5.10. The van der Waals surface area contributed by atoms with Gasteiger partial charge in [-0.2, -0.15) is 0 Å². The normalized spacial score (nSPS) is 11.1. The van der Waals surface area contributed by atoms with Crippen LogP contribution in [-0.4, -0.2) is 17.3 Å². The molecule has 0 unspecified atom stereocenters. The molecule has 0 heterocycles. The van der Waals surface area contributed by atoms with Gasteiger partial charge in [0.05, 0.1) is 0 Å². The van der Waals surface area contributed by atoms with Crippen molar-refractivity contribution in [2.75, 3.05) is 6.61 Å². The molecule has 0 aliphatic rings. The maximum absolute atomic E-state index is 8.71.